The van der Waals surface area contributed by atoms with E-state index in [0.29, 0.717) is 18.0 Å². The summed E-state index contributed by atoms with van der Waals surface area (Å²) in [7, 11) is 3.20. The number of carbonyl (C=O) groups excluding carboxylic acids is 1. The first kappa shape index (κ1) is 18.7. The summed E-state index contributed by atoms with van der Waals surface area (Å²) in [5, 5.41) is 10.8. The fraction of sp³-hybridized carbons (Fsp3) is 0.350. The van der Waals surface area contributed by atoms with Crippen molar-refractivity contribution in [2.45, 2.75) is 31.8 Å². The lowest BCUT2D eigenvalue weighted by molar-refractivity contribution is -0.384. The molecule has 0 bridgehead atoms. The summed E-state index contributed by atoms with van der Waals surface area (Å²) >= 11 is 0. The second kappa shape index (κ2) is 8.07. The van der Waals surface area contributed by atoms with Gasteiger partial charge in [0.15, 0.2) is 0 Å². The van der Waals surface area contributed by atoms with E-state index in [1.165, 1.54) is 12.1 Å². The van der Waals surface area contributed by atoms with Crippen LogP contribution in [0.4, 0.5) is 5.69 Å². The first-order valence-electron chi connectivity index (χ1n) is 8.75. The van der Waals surface area contributed by atoms with Crippen molar-refractivity contribution < 1.29 is 19.2 Å². The SMILES string of the molecule is COc1ccc(OC)c(CN(C(=O)Cc2ccc([N+](=O)[O-])cc2)C2CC2)c1. The number of nitrogens with zero attached hydrogens (tertiary/aromatic N) is 2. The van der Waals surface area contributed by atoms with Gasteiger partial charge in [0.2, 0.25) is 5.91 Å². The molecule has 0 radical (unpaired) electrons. The van der Waals surface area contributed by atoms with Crippen molar-refractivity contribution in [3.63, 3.8) is 0 Å². The van der Waals surface area contributed by atoms with Gasteiger partial charge in [-0.2, -0.15) is 0 Å². The molecule has 0 aromatic heterocycles. The highest BCUT2D eigenvalue weighted by Crippen LogP contribution is 2.32. The van der Waals surface area contributed by atoms with Crippen molar-refractivity contribution in [3.05, 3.63) is 63.7 Å². The van der Waals surface area contributed by atoms with Crippen LogP contribution in [-0.4, -0.2) is 36.0 Å². The van der Waals surface area contributed by atoms with Crippen molar-refractivity contribution in [1.29, 1.82) is 0 Å². The van der Waals surface area contributed by atoms with Gasteiger partial charge in [-0.1, -0.05) is 12.1 Å². The Bertz CT molecular complexity index is 831. The molecule has 27 heavy (non-hydrogen) atoms. The Morgan fingerprint density at radius 1 is 1.15 bits per heavy atom. The lowest BCUT2D eigenvalue weighted by Crippen LogP contribution is -2.34. The summed E-state index contributed by atoms with van der Waals surface area (Å²) in [5.74, 6) is 1.42. The predicted molar refractivity (Wildman–Crippen MR) is 99.9 cm³/mol. The number of non-ortho nitro benzene ring substituents is 1. The zero-order chi connectivity index (χ0) is 19.4. The average Bonchev–Trinajstić information content (AvgIpc) is 3.51. The first-order valence-corrected chi connectivity index (χ1v) is 8.75. The number of carbonyl (C=O) groups is 1. The molecule has 0 spiro atoms. The third kappa shape index (κ3) is 4.55. The Hall–Kier alpha value is -3.09. The van der Waals surface area contributed by atoms with E-state index in [-0.39, 0.29) is 24.1 Å². The monoisotopic (exact) mass is 370 g/mol. The number of nitro groups is 1. The molecule has 1 fully saturated rings. The highest BCUT2D eigenvalue weighted by molar-refractivity contribution is 5.79. The van der Waals surface area contributed by atoms with Gasteiger partial charge in [0.05, 0.1) is 25.6 Å². The molecule has 1 amide bonds. The van der Waals surface area contributed by atoms with E-state index in [1.807, 2.05) is 23.1 Å². The van der Waals surface area contributed by atoms with E-state index in [4.69, 9.17) is 9.47 Å². The highest BCUT2D eigenvalue weighted by Gasteiger charge is 2.33. The van der Waals surface area contributed by atoms with E-state index < -0.39 is 4.92 Å². The minimum Gasteiger partial charge on any atom is -0.497 e. The van der Waals surface area contributed by atoms with Gasteiger partial charge in [-0.3, -0.25) is 14.9 Å². The van der Waals surface area contributed by atoms with Gasteiger partial charge in [0.1, 0.15) is 11.5 Å². The van der Waals surface area contributed by atoms with Gasteiger partial charge in [-0.05, 0) is 36.6 Å². The standard InChI is InChI=1S/C20H22N2O5/c1-26-18-9-10-19(27-2)15(12-18)13-21(16-7-8-16)20(23)11-14-3-5-17(6-4-14)22(24)25/h3-6,9-10,12,16H,7-8,11,13H2,1-2H3. The summed E-state index contributed by atoms with van der Waals surface area (Å²) in [6.07, 6.45) is 2.18. The summed E-state index contributed by atoms with van der Waals surface area (Å²) in [6.45, 7) is 0.441. The second-order valence-corrected chi connectivity index (χ2v) is 6.53. The Morgan fingerprint density at radius 3 is 2.41 bits per heavy atom. The minimum absolute atomic E-state index is 0.00349. The normalized spacial score (nSPS) is 13.1. The van der Waals surface area contributed by atoms with Gasteiger partial charge in [-0.25, -0.2) is 0 Å². The van der Waals surface area contributed by atoms with Crippen LogP contribution >= 0.6 is 0 Å². The molecule has 0 N–H and O–H groups in total. The van der Waals surface area contributed by atoms with Crippen LogP contribution in [0.2, 0.25) is 0 Å². The Balaban J connectivity index is 1.76. The van der Waals surface area contributed by atoms with Crippen LogP contribution < -0.4 is 9.47 Å². The minimum atomic E-state index is -0.447. The average molecular weight is 370 g/mol. The number of hydrogen-bond acceptors (Lipinski definition) is 5. The number of methoxy groups -OCH3 is 2. The predicted octanol–water partition coefficient (Wildman–Crippen LogP) is 3.35. The molecule has 142 valence electrons. The molecule has 0 unspecified atom stereocenters. The molecule has 1 aliphatic rings. The lowest BCUT2D eigenvalue weighted by Gasteiger charge is -2.24. The Labute approximate surface area is 157 Å². The second-order valence-electron chi connectivity index (χ2n) is 6.53. The zero-order valence-corrected chi connectivity index (χ0v) is 15.4. The summed E-state index contributed by atoms with van der Waals surface area (Å²) in [4.78, 5) is 25.1. The van der Waals surface area contributed by atoms with Crippen molar-refractivity contribution in [2.75, 3.05) is 14.2 Å². The first-order chi connectivity index (χ1) is 13.0. The van der Waals surface area contributed by atoms with E-state index in [2.05, 4.69) is 0 Å². The molecule has 0 atom stereocenters. The Morgan fingerprint density at radius 2 is 1.85 bits per heavy atom. The number of benzene rings is 2. The Kier molecular flexibility index (Phi) is 5.59. The quantitative estimate of drug-likeness (QED) is 0.526. The number of amides is 1. The molecule has 2 aromatic rings. The van der Waals surface area contributed by atoms with Crippen LogP contribution in [0.25, 0.3) is 0 Å². The van der Waals surface area contributed by atoms with Gasteiger partial charge in [-0.15, -0.1) is 0 Å². The van der Waals surface area contributed by atoms with Crippen molar-refractivity contribution in [1.82, 2.24) is 4.90 Å². The summed E-state index contributed by atoms with van der Waals surface area (Å²) in [6, 6.07) is 11.9. The third-order valence-electron chi connectivity index (χ3n) is 4.64. The molecule has 0 saturated heterocycles. The number of ether oxygens (including phenoxy) is 2. The summed E-state index contributed by atoms with van der Waals surface area (Å²) < 4.78 is 10.7. The molecule has 7 nitrogen and oxygen atoms in total. The van der Waals surface area contributed by atoms with Crippen molar-refractivity contribution >= 4 is 11.6 Å². The maximum Gasteiger partial charge on any atom is 0.269 e. The molecule has 3 rings (SSSR count). The summed E-state index contributed by atoms with van der Waals surface area (Å²) in [5.41, 5.74) is 1.67. The van der Waals surface area contributed by atoms with E-state index in [1.54, 1.807) is 26.4 Å². The number of rotatable bonds is 8. The fourth-order valence-corrected chi connectivity index (χ4v) is 3.01. The third-order valence-corrected chi connectivity index (χ3v) is 4.64. The van der Waals surface area contributed by atoms with Crippen LogP contribution in [0.15, 0.2) is 42.5 Å². The van der Waals surface area contributed by atoms with E-state index >= 15 is 0 Å². The van der Waals surface area contributed by atoms with Gasteiger partial charge in [0.25, 0.3) is 5.69 Å². The molecular weight excluding hydrogens is 348 g/mol. The number of hydrogen-bond donors (Lipinski definition) is 0. The largest absolute Gasteiger partial charge is 0.497 e. The maximum absolute atomic E-state index is 12.9. The van der Waals surface area contributed by atoms with Crippen LogP contribution in [0, 0.1) is 10.1 Å². The number of nitro benzene ring substituents is 1. The molecule has 0 heterocycles. The van der Waals surface area contributed by atoms with Gasteiger partial charge >= 0.3 is 0 Å². The zero-order valence-electron chi connectivity index (χ0n) is 15.4. The molecule has 0 aliphatic heterocycles. The van der Waals surface area contributed by atoms with Gasteiger partial charge in [0, 0.05) is 30.3 Å². The van der Waals surface area contributed by atoms with Crippen LogP contribution in [0.1, 0.15) is 24.0 Å². The van der Waals surface area contributed by atoms with Crippen molar-refractivity contribution in [3.8, 4) is 11.5 Å². The van der Waals surface area contributed by atoms with Gasteiger partial charge < -0.3 is 14.4 Å². The van der Waals surface area contributed by atoms with Crippen LogP contribution in [0.3, 0.4) is 0 Å². The maximum atomic E-state index is 12.9. The van der Waals surface area contributed by atoms with Crippen LogP contribution in [-0.2, 0) is 17.8 Å². The topological polar surface area (TPSA) is 81.9 Å². The molecular formula is C20H22N2O5. The molecule has 1 saturated carbocycles. The lowest BCUT2D eigenvalue weighted by atomic mass is 10.1. The molecule has 1 aliphatic carbocycles. The van der Waals surface area contributed by atoms with E-state index in [0.717, 1.165) is 24.0 Å². The van der Waals surface area contributed by atoms with E-state index in [9.17, 15) is 14.9 Å². The smallest absolute Gasteiger partial charge is 0.269 e. The fourth-order valence-electron chi connectivity index (χ4n) is 3.01. The molecule has 2 aromatic carbocycles. The van der Waals surface area contributed by atoms with Crippen LogP contribution in [0.5, 0.6) is 11.5 Å². The van der Waals surface area contributed by atoms with Crippen molar-refractivity contribution in [2.24, 2.45) is 0 Å². The molecule has 7 heteroatoms. The highest BCUT2D eigenvalue weighted by atomic mass is 16.6.